The number of nitrogens with one attached hydrogen (secondary N) is 1. The van der Waals surface area contributed by atoms with Crippen molar-refractivity contribution in [3.05, 3.63) is 0 Å². The predicted octanol–water partition coefficient (Wildman–Crippen LogP) is 2.05. The van der Waals surface area contributed by atoms with Gasteiger partial charge in [0.15, 0.2) is 0 Å². The summed E-state index contributed by atoms with van der Waals surface area (Å²) >= 11 is 0. The fourth-order valence-corrected chi connectivity index (χ4v) is 0.965. The molecule has 0 saturated carbocycles. The van der Waals surface area contributed by atoms with Gasteiger partial charge in [0.05, 0.1) is 6.10 Å². The first kappa shape index (κ1) is 11.9. The molecule has 0 aromatic carbocycles. The van der Waals surface area contributed by atoms with Gasteiger partial charge in [-0.25, -0.2) is 0 Å². The lowest BCUT2D eigenvalue weighted by molar-refractivity contribution is 0.0534. The monoisotopic (exact) mass is 173 g/mol. The van der Waals surface area contributed by atoms with Gasteiger partial charge in [-0.05, 0) is 39.3 Å². The zero-order valence-electron chi connectivity index (χ0n) is 8.89. The lowest BCUT2D eigenvalue weighted by Crippen LogP contribution is -2.19. The molecule has 0 aliphatic heterocycles. The average Bonchev–Trinajstić information content (AvgIpc) is 2.01. The van der Waals surface area contributed by atoms with Crippen molar-refractivity contribution in [1.29, 1.82) is 0 Å². The number of rotatable bonds is 7. The molecule has 0 fully saturated rings. The summed E-state index contributed by atoms with van der Waals surface area (Å²) in [5, 5.41) is 3.31. The third-order valence-electron chi connectivity index (χ3n) is 1.78. The van der Waals surface area contributed by atoms with Crippen molar-refractivity contribution in [3.8, 4) is 0 Å². The van der Waals surface area contributed by atoms with E-state index in [2.05, 4.69) is 33.0 Å². The van der Waals surface area contributed by atoms with Crippen molar-refractivity contribution < 1.29 is 4.74 Å². The Hall–Kier alpha value is -0.0800. The summed E-state index contributed by atoms with van der Waals surface area (Å²) < 4.78 is 5.51. The summed E-state index contributed by atoms with van der Waals surface area (Å²) in [6, 6.07) is 0. The quantitative estimate of drug-likeness (QED) is 0.595. The van der Waals surface area contributed by atoms with Gasteiger partial charge in [0, 0.05) is 6.61 Å². The van der Waals surface area contributed by atoms with E-state index in [0.29, 0.717) is 12.0 Å². The minimum absolute atomic E-state index is 0.367. The molecule has 0 aromatic heterocycles. The Kier molecular flexibility index (Phi) is 7.51. The molecular weight excluding hydrogens is 150 g/mol. The van der Waals surface area contributed by atoms with Gasteiger partial charge in [0.2, 0.25) is 0 Å². The highest BCUT2D eigenvalue weighted by atomic mass is 16.5. The first-order valence-electron chi connectivity index (χ1n) is 4.99. The molecular formula is C10H23NO. The standard InChI is InChI=1S/C10H23NO/c1-5-11-7-6-10(4)8-12-9(2)3/h9-11H,5-8H2,1-4H3. The van der Waals surface area contributed by atoms with Gasteiger partial charge in [0.1, 0.15) is 0 Å². The van der Waals surface area contributed by atoms with Gasteiger partial charge >= 0.3 is 0 Å². The fraction of sp³-hybridized carbons (Fsp3) is 1.00. The molecule has 12 heavy (non-hydrogen) atoms. The van der Waals surface area contributed by atoms with E-state index in [-0.39, 0.29) is 0 Å². The Balaban J connectivity index is 3.15. The molecule has 0 aromatic rings. The molecule has 0 spiro atoms. The molecule has 0 saturated heterocycles. The SMILES string of the molecule is CCNCCC(C)COC(C)C. The summed E-state index contributed by atoms with van der Waals surface area (Å²) in [4.78, 5) is 0. The number of hydrogen-bond donors (Lipinski definition) is 1. The highest BCUT2D eigenvalue weighted by Crippen LogP contribution is 2.02. The Morgan fingerprint density at radius 2 is 1.92 bits per heavy atom. The Morgan fingerprint density at radius 1 is 1.25 bits per heavy atom. The first-order valence-corrected chi connectivity index (χ1v) is 4.99. The first-order chi connectivity index (χ1) is 5.66. The highest BCUT2D eigenvalue weighted by Gasteiger charge is 2.02. The van der Waals surface area contributed by atoms with Gasteiger partial charge in [-0.15, -0.1) is 0 Å². The topological polar surface area (TPSA) is 21.3 Å². The van der Waals surface area contributed by atoms with E-state index in [1.54, 1.807) is 0 Å². The molecule has 2 nitrogen and oxygen atoms in total. The van der Waals surface area contributed by atoms with E-state index in [1.807, 2.05) is 0 Å². The normalized spacial score (nSPS) is 13.8. The largest absolute Gasteiger partial charge is 0.379 e. The minimum atomic E-state index is 0.367. The molecule has 0 bridgehead atoms. The Bertz CT molecular complexity index is 93.8. The molecule has 1 unspecified atom stereocenters. The van der Waals surface area contributed by atoms with E-state index in [9.17, 15) is 0 Å². The van der Waals surface area contributed by atoms with Crippen LogP contribution < -0.4 is 5.32 Å². The smallest absolute Gasteiger partial charge is 0.0519 e. The van der Waals surface area contributed by atoms with Crippen molar-refractivity contribution >= 4 is 0 Å². The Labute approximate surface area is 76.7 Å². The summed E-state index contributed by atoms with van der Waals surface area (Å²) in [7, 11) is 0. The van der Waals surface area contributed by atoms with E-state index in [0.717, 1.165) is 19.7 Å². The van der Waals surface area contributed by atoms with Crippen molar-refractivity contribution in [2.24, 2.45) is 5.92 Å². The van der Waals surface area contributed by atoms with Crippen LogP contribution in [0.1, 0.15) is 34.1 Å². The van der Waals surface area contributed by atoms with Gasteiger partial charge in [-0.1, -0.05) is 13.8 Å². The van der Waals surface area contributed by atoms with Crippen molar-refractivity contribution in [2.45, 2.75) is 40.2 Å². The molecule has 0 amide bonds. The third-order valence-corrected chi connectivity index (χ3v) is 1.78. The van der Waals surface area contributed by atoms with Gasteiger partial charge < -0.3 is 10.1 Å². The zero-order valence-corrected chi connectivity index (χ0v) is 8.89. The second kappa shape index (κ2) is 7.56. The van der Waals surface area contributed by atoms with Crippen LogP contribution in [0.25, 0.3) is 0 Å². The summed E-state index contributed by atoms with van der Waals surface area (Å²) in [5.74, 6) is 0.673. The van der Waals surface area contributed by atoms with Gasteiger partial charge in [-0.3, -0.25) is 0 Å². The molecule has 1 N–H and O–H groups in total. The number of hydrogen-bond acceptors (Lipinski definition) is 2. The minimum Gasteiger partial charge on any atom is -0.379 e. The van der Waals surface area contributed by atoms with Crippen LogP contribution >= 0.6 is 0 Å². The molecule has 2 heteroatoms. The van der Waals surface area contributed by atoms with Crippen LogP contribution in [0.4, 0.5) is 0 Å². The molecule has 0 heterocycles. The third kappa shape index (κ3) is 8.02. The van der Waals surface area contributed by atoms with Crippen molar-refractivity contribution in [2.75, 3.05) is 19.7 Å². The van der Waals surface area contributed by atoms with Crippen molar-refractivity contribution in [3.63, 3.8) is 0 Å². The van der Waals surface area contributed by atoms with Crippen LogP contribution in [-0.2, 0) is 4.74 Å². The van der Waals surface area contributed by atoms with Crippen LogP contribution in [0.3, 0.4) is 0 Å². The predicted molar refractivity (Wildman–Crippen MR) is 53.4 cm³/mol. The fourth-order valence-electron chi connectivity index (χ4n) is 0.965. The second-order valence-corrected chi connectivity index (χ2v) is 3.63. The molecule has 0 rings (SSSR count). The highest BCUT2D eigenvalue weighted by molar-refractivity contribution is 4.54. The van der Waals surface area contributed by atoms with Crippen LogP contribution in [0.5, 0.6) is 0 Å². The average molecular weight is 173 g/mol. The van der Waals surface area contributed by atoms with E-state index in [4.69, 9.17) is 4.74 Å². The second-order valence-electron chi connectivity index (χ2n) is 3.63. The maximum Gasteiger partial charge on any atom is 0.0519 e. The zero-order chi connectivity index (χ0) is 9.40. The summed E-state index contributed by atoms with van der Waals surface area (Å²) in [6.45, 7) is 11.6. The van der Waals surface area contributed by atoms with Crippen LogP contribution in [0, 0.1) is 5.92 Å². The summed E-state index contributed by atoms with van der Waals surface area (Å²) in [6.07, 6.45) is 1.58. The van der Waals surface area contributed by atoms with Crippen LogP contribution in [0.2, 0.25) is 0 Å². The lowest BCUT2D eigenvalue weighted by Gasteiger charge is -2.13. The number of ether oxygens (including phenoxy) is 1. The maximum absolute atomic E-state index is 5.51. The van der Waals surface area contributed by atoms with E-state index >= 15 is 0 Å². The molecule has 0 aliphatic carbocycles. The van der Waals surface area contributed by atoms with Gasteiger partial charge in [-0.2, -0.15) is 0 Å². The molecule has 0 radical (unpaired) electrons. The summed E-state index contributed by atoms with van der Waals surface area (Å²) in [5.41, 5.74) is 0. The van der Waals surface area contributed by atoms with E-state index in [1.165, 1.54) is 6.42 Å². The molecule has 74 valence electrons. The molecule has 1 atom stereocenters. The van der Waals surface area contributed by atoms with Gasteiger partial charge in [0.25, 0.3) is 0 Å². The van der Waals surface area contributed by atoms with Crippen LogP contribution in [-0.4, -0.2) is 25.8 Å². The molecule has 0 aliphatic rings. The Morgan fingerprint density at radius 3 is 2.42 bits per heavy atom. The lowest BCUT2D eigenvalue weighted by atomic mass is 10.1. The van der Waals surface area contributed by atoms with E-state index < -0.39 is 0 Å². The maximum atomic E-state index is 5.51. The van der Waals surface area contributed by atoms with Crippen LogP contribution in [0.15, 0.2) is 0 Å². The van der Waals surface area contributed by atoms with Crippen molar-refractivity contribution in [1.82, 2.24) is 5.32 Å².